The van der Waals surface area contributed by atoms with Crippen molar-refractivity contribution in [3.05, 3.63) is 60.2 Å². The Hall–Kier alpha value is -2.62. The van der Waals surface area contributed by atoms with Gasteiger partial charge in [-0.1, -0.05) is 42.5 Å². The molecule has 3 heterocycles. The van der Waals surface area contributed by atoms with E-state index in [9.17, 15) is 0 Å². The number of rotatable bonds is 3. The minimum absolute atomic E-state index is 0.659. The van der Waals surface area contributed by atoms with Crippen molar-refractivity contribution in [3.8, 4) is 0 Å². The predicted molar refractivity (Wildman–Crippen MR) is 116 cm³/mol. The third-order valence-electron chi connectivity index (χ3n) is 6.28. The van der Waals surface area contributed by atoms with E-state index < -0.39 is 0 Å². The van der Waals surface area contributed by atoms with E-state index in [0.29, 0.717) is 5.92 Å². The van der Waals surface area contributed by atoms with E-state index in [2.05, 4.69) is 64.4 Å². The van der Waals surface area contributed by atoms with Gasteiger partial charge in [-0.25, -0.2) is 4.98 Å². The Morgan fingerprint density at radius 3 is 2.18 bits per heavy atom. The van der Waals surface area contributed by atoms with E-state index >= 15 is 0 Å². The Kier molecular flexibility index (Phi) is 4.86. The highest BCUT2D eigenvalue weighted by molar-refractivity contribution is 5.90. The van der Waals surface area contributed by atoms with E-state index in [1.54, 1.807) is 0 Å². The molecule has 0 spiro atoms. The number of nitrogens with zero attached hydrogens (tertiary/aromatic N) is 4. The maximum Gasteiger partial charge on any atom is 0.227 e. The first-order chi connectivity index (χ1) is 13.9. The van der Waals surface area contributed by atoms with Gasteiger partial charge < -0.3 is 9.80 Å². The molecule has 0 saturated carbocycles. The smallest absolute Gasteiger partial charge is 0.227 e. The highest BCUT2D eigenvalue weighted by Crippen LogP contribution is 2.33. The molecular weight excluding hydrogens is 344 g/mol. The summed E-state index contributed by atoms with van der Waals surface area (Å²) in [5.41, 5.74) is 2.54. The zero-order valence-corrected chi connectivity index (χ0v) is 16.4. The summed E-state index contributed by atoms with van der Waals surface area (Å²) in [5, 5.41) is 1.18. The third kappa shape index (κ3) is 3.44. The Morgan fingerprint density at radius 2 is 1.39 bits per heavy atom. The second kappa shape index (κ2) is 7.78. The Balaban J connectivity index is 1.43. The summed E-state index contributed by atoms with van der Waals surface area (Å²) >= 11 is 0. The number of anilines is 2. The standard InChI is InChI=1S/C24H28N4/c1-3-9-19(10-4-1)20-13-17-27(18-14-20)23-21-11-5-6-12-22(21)25-24(26-23)28-15-7-2-8-16-28/h1,3-6,9-12,20H,2,7-8,13-18H2. The first-order valence-corrected chi connectivity index (χ1v) is 10.7. The van der Waals surface area contributed by atoms with Gasteiger partial charge in [0.25, 0.3) is 0 Å². The van der Waals surface area contributed by atoms with E-state index in [1.165, 1.54) is 43.1 Å². The van der Waals surface area contributed by atoms with Crippen molar-refractivity contribution in [2.75, 3.05) is 36.0 Å². The normalized spacial score (nSPS) is 18.6. The van der Waals surface area contributed by atoms with Gasteiger partial charge in [0.2, 0.25) is 5.95 Å². The molecule has 144 valence electrons. The van der Waals surface area contributed by atoms with Crippen molar-refractivity contribution in [1.82, 2.24) is 9.97 Å². The average Bonchev–Trinajstić information content (AvgIpc) is 2.80. The second-order valence-corrected chi connectivity index (χ2v) is 8.08. The fraction of sp³-hybridized carbons (Fsp3) is 0.417. The molecule has 2 aliphatic rings. The number of benzene rings is 2. The predicted octanol–water partition coefficient (Wildman–Crippen LogP) is 5.00. The van der Waals surface area contributed by atoms with Crippen LogP contribution >= 0.6 is 0 Å². The molecule has 2 fully saturated rings. The molecular formula is C24H28N4. The molecule has 4 nitrogen and oxygen atoms in total. The number of aromatic nitrogens is 2. The average molecular weight is 373 g/mol. The summed E-state index contributed by atoms with van der Waals surface area (Å²) in [4.78, 5) is 14.8. The summed E-state index contributed by atoms with van der Waals surface area (Å²) in [6.45, 7) is 4.27. The summed E-state index contributed by atoms with van der Waals surface area (Å²) in [6, 6.07) is 19.5. The van der Waals surface area contributed by atoms with Crippen LogP contribution in [0.1, 0.15) is 43.6 Å². The zero-order valence-electron chi connectivity index (χ0n) is 16.4. The summed E-state index contributed by atoms with van der Waals surface area (Å²) in [5.74, 6) is 2.70. The van der Waals surface area contributed by atoms with Crippen LogP contribution in [0.2, 0.25) is 0 Å². The molecule has 1 aromatic heterocycles. The van der Waals surface area contributed by atoms with E-state index in [1.807, 2.05) is 0 Å². The molecule has 0 N–H and O–H groups in total. The highest BCUT2D eigenvalue weighted by Gasteiger charge is 2.24. The van der Waals surface area contributed by atoms with Gasteiger partial charge >= 0.3 is 0 Å². The van der Waals surface area contributed by atoms with Crippen LogP contribution < -0.4 is 9.80 Å². The highest BCUT2D eigenvalue weighted by atomic mass is 15.3. The molecule has 5 rings (SSSR count). The molecule has 0 unspecified atom stereocenters. The van der Waals surface area contributed by atoms with Gasteiger partial charge in [0.05, 0.1) is 5.52 Å². The topological polar surface area (TPSA) is 32.3 Å². The number of hydrogen-bond acceptors (Lipinski definition) is 4. The van der Waals surface area contributed by atoms with Crippen molar-refractivity contribution < 1.29 is 0 Å². The molecule has 28 heavy (non-hydrogen) atoms. The van der Waals surface area contributed by atoms with Gasteiger partial charge in [-0.05, 0) is 55.7 Å². The van der Waals surface area contributed by atoms with Gasteiger partial charge in [0.1, 0.15) is 5.82 Å². The van der Waals surface area contributed by atoms with Crippen molar-refractivity contribution in [1.29, 1.82) is 0 Å². The lowest BCUT2D eigenvalue weighted by molar-refractivity contribution is 0.503. The summed E-state index contributed by atoms with van der Waals surface area (Å²) in [6.07, 6.45) is 6.18. The summed E-state index contributed by atoms with van der Waals surface area (Å²) in [7, 11) is 0. The first-order valence-electron chi connectivity index (χ1n) is 10.7. The molecule has 0 amide bonds. The number of piperidine rings is 2. The fourth-order valence-corrected chi connectivity index (χ4v) is 4.67. The molecule has 3 aromatic rings. The minimum atomic E-state index is 0.659. The lowest BCUT2D eigenvalue weighted by atomic mass is 9.89. The maximum absolute atomic E-state index is 5.09. The first kappa shape index (κ1) is 17.5. The van der Waals surface area contributed by atoms with Crippen molar-refractivity contribution in [3.63, 3.8) is 0 Å². The van der Waals surface area contributed by atoms with Crippen LogP contribution in [-0.4, -0.2) is 36.1 Å². The molecule has 0 atom stereocenters. The quantitative estimate of drug-likeness (QED) is 0.647. The van der Waals surface area contributed by atoms with Crippen LogP contribution in [0, 0.1) is 0 Å². The van der Waals surface area contributed by atoms with Crippen LogP contribution in [0.3, 0.4) is 0 Å². The molecule has 0 radical (unpaired) electrons. The number of hydrogen-bond donors (Lipinski definition) is 0. The SMILES string of the molecule is c1ccc(C2CCN(c3nc(N4CCCCC4)nc4ccccc34)CC2)cc1. The lowest BCUT2D eigenvalue weighted by Crippen LogP contribution is -2.35. The summed E-state index contributed by atoms with van der Waals surface area (Å²) < 4.78 is 0. The van der Waals surface area contributed by atoms with Crippen LogP contribution in [0.5, 0.6) is 0 Å². The van der Waals surface area contributed by atoms with Gasteiger partial charge in [0, 0.05) is 31.6 Å². The molecule has 2 saturated heterocycles. The monoisotopic (exact) mass is 372 g/mol. The maximum atomic E-state index is 5.09. The van der Waals surface area contributed by atoms with Crippen LogP contribution in [0.25, 0.3) is 10.9 Å². The van der Waals surface area contributed by atoms with Crippen LogP contribution in [0.15, 0.2) is 54.6 Å². The molecule has 2 aliphatic heterocycles. The van der Waals surface area contributed by atoms with E-state index in [-0.39, 0.29) is 0 Å². The number of fused-ring (bicyclic) bond motifs is 1. The Morgan fingerprint density at radius 1 is 0.679 bits per heavy atom. The van der Waals surface area contributed by atoms with Crippen molar-refractivity contribution in [2.24, 2.45) is 0 Å². The lowest BCUT2D eigenvalue weighted by Gasteiger charge is -2.34. The zero-order chi connectivity index (χ0) is 18.8. The van der Waals surface area contributed by atoms with E-state index in [4.69, 9.17) is 9.97 Å². The fourth-order valence-electron chi connectivity index (χ4n) is 4.67. The second-order valence-electron chi connectivity index (χ2n) is 8.08. The molecule has 0 aliphatic carbocycles. The van der Waals surface area contributed by atoms with Crippen LogP contribution in [0.4, 0.5) is 11.8 Å². The van der Waals surface area contributed by atoms with Gasteiger partial charge in [-0.3, -0.25) is 0 Å². The minimum Gasteiger partial charge on any atom is -0.356 e. The Labute approximate surface area is 167 Å². The third-order valence-corrected chi connectivity index (χ3v) is 6.28. The van der Waals surface area contributed by atoms with Gasteiger partial charge in [0.15, 0.2) is 0 Å². The van der Waals surface area contributed by atoms with Crippen LogP contribution in [-0.2, 0) is 0 Å². The molecule has 2 aromatic carbocycles. The van der Waals surface area contributed by atoms with Gasteiger partial charge in [-0.2, -0.15) is 4.98 Å². The number of para-hydroxylation sites is 1. The van der Waals surface area contributed by atoms with Crippen molar-refractivity contribution in [2.45, 2.75) is 38.0 Å². The molecule has 4 heteroatoms. The van der Waals surface area contributed by atoms with Gasteiger partial charge in [-0.15, -0.1) is 0 Å². The van der Waals surface area contributed by atoms with E-state index in [0.717, 1.165) is 43.5 Å². The largest absolute Gasteiger partial charge is 0.356 e. The van der Waals surface area contributed by atoms with Crippen molar-refractivity contribution >= 4 is 22.7 Å². The molecule has 0 bridgehead atoms. The Bertz CT molecular complexity index is 926.